The number of hydrogen-bond donors (Lipinski definition) is 4. The monoisotopic (exact) mass is 184 g/mol. The molecule has 1 rings (SSSR count). The molecule has 0 spiro atoms. The van der Waals surface area contributed by atoms with Crippen LogP contribution < -0.4 is 0 Å². The van der Waals surface area contributed by atoms with Gasteiger partial charge >= 0.3 is 5.97 Å². The number of carboxylic acid groups (broad SMARTS) is 1. The minimum Gasteiger partial charge on any atom is -0.504 e. The van der Waals surface area contributed by atoms with E-state index in [2.05, 4.69) is 6.58 Å². The summed E-state index contributed by atoms with van der Waals surface area (Å²) in [7, 11) is 0. The number of aliphatic hydroxyl groups is 3. The van der Waals surface area contributed by atoms with E-state index in [1.807, 2.05) is 0 Å². The van der Waals surface area contributed by atoms with Crippen molar-refractivity contribution in [3.63, 3.8) is 0 Å². The average Bonchev–Trinajstić information content (AvgIpc) is 2.07. The first-order valence-corrected chi connectivity index (χ1v) is 3.40. The Labute approximate surface area is 73.6 Å². The van der Waals surface area contributed by atoms with Crippen LogP contribution in [0.5, 0.6) is 0 Å². The summed E-state index contributed by atoms with van der Waals surface area (Å²) in [5.74, 6) is -4.54. The van der Waals surface area contributed by atoms with E-state index in [9.17, 15) is 4.79 Å². The molecule has 5 heteroatoms. The van der Waals surface area contributed by atoms with Gasteiger partial charge in [-0.3, -0.25) is 4.79 Å². The lowest BCUT2D eigenvalue weighted by atomic mass is 9.93. The Hall–Kier alpha value is -1.91. The van der Waals surface area contributed by atoms with E-state index in [-0.39, 0.29) is 5.57 Å². The van der Waals surface area contributed by atoms with E-state index in [0.29, 0.717) is 0 Å². The Morgan fingerprint density at radius 2 is 1.85 bits per heavy atom. The summed E-state index contributed by atoms with van der Waals surface area (Å²) in [6.45, 7) is 3.28. The molecule has 0 radical (unpaired) electrons. The Morgan fingerprint density at radius 1 is 1.31 bits per heavy atom. The van der Waals surface area contributed by atoms with E-state index < -0.39 is 29.2 Å². The highest BCUT2D eigenvalue weighted by Gasteiger charge is 2.29. The molecule has 0 heterocycles. The second kappa shape index (κ2) is 2.85. The van der Waals surface area contributed by atoms with Crippen LogP contribution in [0.1, 0.15) is 0 Å². The average molecular weight is 184 g/mol. The lowest BCUT2D eigenvalue weighted by Crippen LogP contribution is -2.20. The predicted molar refractivity (Wildman–Crippen MR) is 43.3 cm³/mol. The molecule has 70 valence electrons. The van der Waals surface area contributed by atoms with Crippen LogP contribution in [0.3, 0.4) is 0 Å². The maximum absolute atomic E-state index is 10.5. The molecule has 0 aromatic heterocycles. The molecule has 0 bridgehead atoms. The summed E-state index contributed by atoms with van der Waals surface area (Å²) in [5.41, 5.74) is -0.150. The van der Waals surface area contributed by atoms with Crippen molar-refractivity contribution in [3.05, 3.63) is 35.5 Å². The molecular formula is C8H8O5. The largest absolute Gasteiger partial charge is 0.504 e. The number of allylic oxidation sites excluding steroid dienone is 1. The number of aliphatic carboxylic acids is 1. The molecule has 0 amide bonds. The molecule has 1 unspecified atom stereocenters. The van der Waals surface area contributed by atoms with Crippen LogP contribution in [0.15, 0.2) is 35.5 Å². The molecule has 5 nitrogen and oxygen atoms in total. The van der Waals surface area contributed by atoms with Gasteiger partial charge in [0.15, 0.2) is 17.3 Å². The van der Waals surface area contributed by atoms with Gasteiger partial charge in [-0.05, 0) is 6.08 Å². The van der Waals surface area contributed by atoms with Gasteiger partial charge in [-0.15, -0.1) is 0 Å². The van der Waals surface area contributed by atoms with Gasteiger partial charge in [0.1, 0.15) is 5.92 Å². The normalized spacial score (nSPS) is 22.9. The fourth-order valence-corrected chi connectivity index (χ4v) is 0.978. The summed E-state index contributed by atoms with van der Waals surface area (Å²) >= 11 is 0. The van der Waals surface area contributed by atoms with Crippen molar-refractivity contribution in [1.29, 1.82) is 0 Å². The molecule has 13 heavy (non-hydrogen) atoms. The third kappa shape index (κ3) is 1.35. The molecular weight excluding hydrogens is 176 g/mol. The van der Waals surface area contributed by atoms with Crippen molar-refractivity contribution >= 4 is 5.97 Å². The van der Waals surface area contributed by atoms with E-state index in [1.165, 1.54) is 0 Å². The highest BCUT2D eigenvalue weighted by atomic mass is 16.4. The highest BCUT2D eigenvalue weighted by molar-refractivity contribution is 5.78. The van der Waals surface area contributed by atoms with Crippen LogP contribution in [0.2, 0.25) is 0 Å². The zero-order valence-electron chi connectivity index (χ0n) is 6.56. The van der Waals surface area contributed by atoms with Crippen molar-refractivity contribution in [1.82, 2.24) is 0 Å². The quantitative estimate of drug-likeness (QED) is 0.487. The van der Waals surface area contributed by atoms with Crippen LogP contribution in [0.4, 0.5) is 0 Å². The first-order chi connectivity index (χ1) is 5.95. The lowest BCUT2D eigenvalue weighted by molar-refractivity contribution is -0.139. The van der Waals surface area contributed by atoms with Gasteiger partial charge in [0, 0.05) is 5.57 Å². The number of carboxylic acids is 1. The third-order valence-corrected chi connectivity index (χ3v) is 1.74. The summed E-state index contributed by atoms with van der Waals surface area (Å²) in [6, 6.07) is 0. The molecule has 1 atom stereocenters. The third-order valence-electron chi connectivity index (χ3n) is 1.74. The minimum absolute atomic E-state index is 0.150. The first kappa shape index (κ1) is 9.18. The maximum atomic E-state index is 10.5. The summed E-state index contributed by atoms with van der Waals surface area (Å²) < 4.78 is 0. The minimum atomic E-state index is -1.25. The van der Waals surface area contributed by atoms with Gasteiger partial charge in [-0.1, -0.05) is 6.58 Å². The van der Waals surface area contributed by atoms with E-state index >= 15 is 0 Å². The number of hydrogen-bond acceptors (Lipinski definition) is 4. The highest BCUT2D eigenvalue weighted by Crippen LogP contribution is 2.28. The van der Waals surface area contributed by atoms with Crippen LogP contribution in [0, 0.1) is 5.92 Å². The van der Waals surface area contributed by atoms with Crippen molar-refractivity contribution < 1.29 is 25.2 Å². The standard InChI is InChI=1S/C8H8O5/c1-3-4(8(12)13)2-5(9)7(11)6(3)10/h2,4,9-11H,1H2,(H,12,13). The number of rotatable bonds is 1. The van der Waals surface area contributed by atoms with Crippen LogP contribution in [-0.2, 0) is 4.79 Å². The summed E-state index contributed by atoms with van der Waals surface area (Å²) in [6.07, 6.45) is 0.903. The van der Waals surface area contributed by atoms with Crippen LogP contribution in [-0.4, -0.2) is 26.4 Å². The summed E-state index contributed by atoms with van der Waals surface area (Å²) in [5, 5.41) is 35.6. The van der Waals surface area contributed by atoms with Gasteiger partial charge in [-0.25, -0.2) is 0 Å². The van der Waals surface area contributed by atoms with E-state index in [1.54, 1.807) is 0 Å². The molecule has 4 N–H and O–H groups in total. The first-order valence-electron chi connectivity index (χ1n) is 3.40. The zero-order valence-corrected chi connectivity index (χ0v) is 6.56. The summed E-state index contributed by atoms with van der Waals surface area (Å²) in [4.78, 5) is 10.5. The maximum Gasteiger partial charge on any atom is 0.315 e. The SMILES string of the molecule is C=C1C(O)=C(O)C(O)=CC1C(=O)O. The van der Waals surface area contributed by atoms with Gasteiger partial charge in [0.25, 0.3) is 0 Å². The number of aliphatic hydroxyl groups excluding tert-OH is 3. The molecule has 0 aromatic carbocycles. The Morgan fingerprint density at radius 3 is 2.31 bits per heavy atom. The van der Waals surface area contributed by atoms with E-state index in [0.717, 1.165) is 6.08 Å². The van der Waals surface area contributed by atoms with Crippen molar-refractivity contribution in [2.75, 3.05) is 0 Å². The fraction of sp³-hybridized carbons (Fsp3) is 0.125. The van der Waals surface area contributed by atoms with Crippen LogP contribution in [0.25, 0.3) is 0 Å². The molecule has 0 fully saturated rings. The van der Waals surface area contributed by atoms with Gasteiger partial charge in [-0.2, -0.15) is 0 Å². The topological polar surface area (TPSA) is 98.0 Å². The molecule has 0 saturated carbocycles. The molecule has 0 saturated heterocycles. The predicted octanol–water partition coefficient (Wildman–Crippen LogP) is 1.03. The zero-order chi connectivity index (χ0) is 10.2. The fourth-order valence-electron chi connectivity index (χ4n) is 0.978. The lowest BCUT2D eigenvalue weighted by Gasteiger charge is -2.17. The molecule has 0 aliphatic heterocycles. The van der Waals surface area contributed by atoms with Gasteiger partial charge in [0.2, 0.25) is 0 Å². The van der Waals surface area contributed by atoms with Crippen molar-refractivity contribution in [2.45, 2.75) is 0 Å². The molecule has 1 aliphatic rings. The Balaban J connectivity index is 3.15. The van der Waals surface area contributed by atoms with Crippen molar-refractivity contribution in [2.24, 2.45) is 5.92 Å². The molecule has 0 aromatic rings. The second-order valence-corrected chi connectivity index (χ2v) is 2.59. The molecule has 1 aliphatic carbocycles. The van der Waals surface area contributed by atoms with Crippen molar-refractivity contribution in [3.8, 4) is 0 Å². The number of carbonyl (C=O) groups is 1. The van der Waals surface area contributed by atoms with Gasteiger partial charge < -0.3 is 20.4 Å². The Bertz CT molecular complexity index is 336. The van der Waals surface area contributed by atoms with Gasteiger partial charge in [0.05, 0.1) is 0 Å². The smallest absolute Gasteiger partial charge is 0.315 e. The Kier molecular flexibility index (Phi) is 2.02. The van der Waals surface area contributed by atoms with E-state index in [4.69, 9.17) is 20.4 Å². The second-order valence-electron chi connectivity index (χ2n) is 2.59. The van der Waals surface area contributed by atoms with Crippen LogP contribution >= 0.6 is 0 Å².